The van der Waals surface area contributed by atoms with Crippen LogP contribution in [0.1, 0.15) is 51.5 Å². The Bertz CT molecular complexity index is 580. The van der Waals surface area contributed by atoms with Crippen molar-refractivity contribution in [2.75, 3.05) is 0 Å². The first kappa shape index (κ1) is 17.3. The minimum Gasteiger partial charge on any atom is -0.491 e. The van der Waals surface area contributed by atoms with Gasteiger partial charge in [0.1, 0.15) is 5.75 Å². The zero-order valence-electron chi connectivity index (χ0n) is 14.4. The maximum atomic E-state index is 6.01. The second kappa shape index (κ2) is 9.19. The standard InChI is InChI=1S/C22H28O/c1-4-6-7-8-9-18(3)23-22-16-14-21(15-17-22)20-12-10-19(5-2)11-13-20/h5,10-18H,2,4,6-9H2,1,3H3. The van der Waals surface area contributed by atoms with E-state index in [-0.39, 0.29) is 6.10 Å². The molecule has 0 aromatic heterocycles. The maximum Gasteiger partial charge on any atom is 0.119 e. The predicted molar refractivity (Wildman–Crippen MR) is 101 cm³/mol. The molecule has 0 radical (unpaired) electrons. The van der Waals surface area contributed by atoms with Gasteiger partial charge in [0.25, 0.3) is 0 Å². The maximum absolute atomic E-state index is 6.01. The lowest BCUT2D eigenvalue weighted by Gasteiger charge is -2.15. The third-order valence-corrected chi connectivity index (χ3v) is 4.14. The topological polar surface area (TPSA) is 9.23 Å². The molecule has 1 unspecified atom stereocenters. The number of unbranched alkanes of at least 4 members (excludes halogenated alkanes) is 3. The van der Waals surface area contributed by atoms with Crippen LogP contribution in [0.15, 0.2) is 55.1 Å². The summed E-state index contributed by atoms with van der Waals surface area (Å²) in [4.78, 5) is 0. The first-order valence-electron chi connectivity index (χ1n) is 8.72. The lowest BCUT2D eigenvalue weighted by molar-refractivity contribution is 0.206. The number of hydrogen-bond acceptors (Lipinski definition) is 1. The third-order valence-electron chi connectivity index (χ3n) is 4.14. The molecule has 0 amide bonds. The molecule has 0 N–H and O–H groups in total. The van der Waals surface area contributed by atoms with Gasteiger partial charge in [0, 0.05) is 0 Å². The van der Waals surface area contributed by atoms with E-state index < -0.39 is 0 Å². The molecule has 0 spiro atoms. The van der Waals surface area contributed by atoms with Gasteiger partial charge < -0.3 is 4.74 Å². The molecular weight excluding hydrogens is 280 g/mol. The summed E-state index contributed by atoms with van der Waals surface area (Å²) in [6.45, 7) is 8.19. The first-order chi connectivity index (χ1) is 11.2. The molecule has 1 heteroatoms. The van der Waals surface area contributed by atoms with Crippen molar-refractivity contribution in [2.24, 2.45) is 0 Å². The van der Waals surface area contributed by atoms with Crippen molar-refractivity contribution in [3.63, 3.8) is 0 Å². The van der Waals surface area contributed by atoms with Crippen molar-refractivity contribution in [1.29, 1.82) is 0 Å². The van der Waals surface area contributed by atoms with E-state index in [9.17, 15) is 0 Å². The van der Waals surface area contributed by atoms with E-state index in [2.05, 4.69) is 69.0 Å². The Balaban J connectivity index is 1.89. The van der Waals surface area contributed by atoms with Crippen molar-refractivity contribution in [1.82, 2.24) is 0 Å². The fourth-order valence-corrected chi connectivity index (χ4v) is 2.69. The Morgan fingerprint density at radius 3 is 2.09 bits per heavy atom. The molecule has 0 saturated carbocycles. The minimum atomic E-state index is 0.282. The summed E-state index contributed by atoms with van der Waals surface area (Å²) in [5.41, 5.74) is 3.57. The molecule has 0 bridgehead atoms. The molecule has 0 aliphatic heterocycles. The molecule has 2 rings (SSSR count). The average Bonchev–Trinajstić information content (AvgIpc) is 2.59. The Morgan fingerprint density at radius 1 is 0.913 bits per heavy atom. The van der Waals surface area contributed by atoms with Crippen LogP contribution in [0.5, 0.6) is 5.75 Å². The number of ether oxygens (including phenoxy) is 1. The fourth-order valence-electron chi connectivity index (χ4n) is 2.69. The van der Waals surface area contributed by atoms with Crippen LogP contribution in [0.25, 0.3) is 17.2 Å². The normalized spacial score (nSPS) is 11.9. The predicted octanol–water partition coefficient (Wildman–Crippen LogP) is 6.73. The smallest absolute Gasteiger partial charge is 0.119 e. The molecule has 0 fully saturated rings. The van der Waals surface area contributed by atoms with E-state index in [1.165, 1.54) is 36.8 Å². The highest BCUT2D eigenvalue weighted by Crippen LogP contribution is 2.24. The highest BCUT2D eigenvalue weighted by atomic mass is 16.5. The quantitative estimate of drug-likeness (QED) is 0.466. The van der Waals surface area contributed by atoms with Crippen molar-refractivity contribution >= 4 is 6.08 Å². The van der Waals surface area contributed by atoms with Crippen LogP contribution in [0.4, 0.5) is 0 Å². The van der Waals surface area contributed by atoms with Crippen molar-refractivity contribution in [3.05, 3.63) is 60.7 Å². The fraction of sp³-hybridized carbons (Fsp3) is 0.364. The molecule has 0 aliphatic carbocycles. The molecular formula is C22H28O. The van der Waals surface area contributed by atoms with Gasteiger partial charge in [0.2, 0.25) is 0 Å². The molecule has 2 aromatic carbocycles. The van der Waals surface area contributed by atoms with Crippen LogP contribution in [0.2, 0.25) is 0 Å². The summed E-state index contributed by atoms with van der Waals surface area (Å²) in [6.07, 6.45) is 8.45. The summed E-state index contributed by atoms with van der Waals surface area (Å²) in [5, 5.41) is 0. The molecule has 122 valence electrons. The largest absolute Gasteiger partial charge is 0.491 e. The van der Waals surface area contributed by atoms with Crippen LogP contribution in [0.3, 0.4) is 0 Å². The zero-order chi connectivity index (χ0) is 16.5. The summed E-state index contributed by atoms with van der Waals surface area (Å²) in [7, 11) is 0. The van der Waals surface area contributed by atoms with Gasteiger partial charge in [-0.25, -0.2) is 0 Å². The van der Waals surface area contributed by atoms with Gasteiger partial charge in [-0.15, -0.1) is 0 Å². The highest BCUT2D eigenvalue weighted by molar-refractivity contribution is 5.66. The van der Waals surface area contributed by atoms with E-state index in [1.54, 1.807) is 0 Å². The Labute approximate surface area is 141 Å². The van der Waals surface area contributed by atoms with Crippen molar-refractivity contribution in [2.45, 2.75) is 52.1 Å². The molecule has 0 aliphatic rings. The Kier molecular flexibility index (Phi) is 6.93. The van der Waals surface area contributed by atoms with Gasteiger partial charge in [0.15, 0.2) is 0 Å². The van der Waals surface area contributed by atoms with Crippen molar-refractivity contribution in [3.8, 4) is 16.9 Å². The summed E-state index contributed by atoms with van der Waals surface area (Å²) in [5.74, 6) is 0.958. The van der Waals surface area contributed by atoms with Crippen LogP contribution in [-0.4, -0.2) is 6.10 Å². The average molecular weight is 308 g/mol. The zero-order valence-corrected chi connectivity index (χ0v) is 14.4. The Morgan fingerprint density at radius 2 is 1.52 bits per heavy atom. The Hall–Kier alpha value is -2.02. The molecule has 0 heterocycles. The van der Waals surface area contributed by atoms with E-state index in [1.807, 2.05) is 6.08 Å². The number of rotatable bonds is 9. The van der Waals surface area contributed by atoms with E-state index in [0.717, 1.165) is 17.7 Å². The van der Waals surface area contributed by atoms with E-state index in [4.69, 9.17) is 4.74 Å². The van der Waals surface area contributed by atoms with Gasteiger partial charge in [-0.1, -0.05) is 75.2 Å². The first-order valence-corrected chi connectivity index (χ1v) is 8.72. The van der Waals surface area contributed by atoms with Gasteiger partial charge in [0.05, 0.1) is 6.10 Å². The highest BCUT2D eigenvalue weighted by Gasteiger charge is 2.04. The van der Waals surface area contributed by atoms with E-state index in [0.29, 0.717) is 0 Å². The molecule has 1 nitrogen and oxygen atoms in total. The monoisotopic (exact) mass is 308 g/mol. The van der Waals surface area contributed by atoms with Crippen LogP contribution < -0.4 is 4.74 Å². The lowest BCUT2D eigenvalue weighted by atomic mass is 10.0. The summed E-state index contributed by atoms with van der Waals surface area (Å²) >= 11 is 0. The molecule has 1 atom stereocenters. The molecule has 0 saturated heterocycles. The van der Waals surface area contributed by atoms with E-state index >= 15 is 0 Å². The van der Waals surface area contributed by atoms with Gasteiger partial charge in [-0.2, -0.15) is 0 Å². The van der Waals surface area contributed by atoms with Gasteiger partial charge in [-0.05, 0) is 48.6 Å². The summed E-state index contributed by atoms with van der Waals surface area (Å²) in [6, 6.07) is 16.8. The second-order valence-corrected chi connectivity index (χ2v) is 6.13. The molecule has 23 heavy (non-hydrogen) atoms. The lowest BCUT2D eigenvalue weighted by Crippen LogP contribution is -2.11. The number of hydrogen-bond donors (Lipinski definition) is 0. The molecule has 2 aromatic rings. The van der Waals surface area contributed by atoms with Crippen molar-refractivity contribution < 1.29 is 4.74 Å². The third kappa shape index (κ3) is 5.59. The SMILES string of the molecule is C=Cc1ccc(-c2ccc(OC(C)CCCCCC)cc2)cc1. The second-order valence-electron chi connectivity index (χ2n) is 6.13. The van der Waals surface area contributed by atoms with Crippen LogP contribution >= 0.6 is 0 Å². The van der Waals surface area contributed by atoms with Gasteiger partial charge in [-0.3, -0.25) is 0 Å². The van der Waals surface area contributed by atoms with Gasteiger partial charge >= 0.3 is 0 Å². The van der Waals surface area contributed by atoms with Crippen LogP contribution in [-0.2, 0) is 0 Å². The van der Waals surface area contributed by atoms with Crippen LogP contribution in [0, 0.1) is 0 Å². The number of benzene rings is 2. The minimum absolute atomic E-state index is 0.282. The summed E-state index contributed by atoms with van der Waals surface area (Å²) < 4.78 is 6.01.